The van der Waals surface area contributed by atoms with Crippen molar-refractivity contribution in [3.8, 4) is 11.5 Å². The van der Waals surface area contributed by atoms with E-state index < -0.39 is 23.3 Å². The van der Waals surface area contributed by atoms with Crippen molar-refractivity contribution >= 4 is 77.4 Å². The number of phenols is 1. The minimum atomic E-state index is -1.07. The van der Waals surface area contributed by atoms with Gasteiger partial charge >= 0.3 is 11.9 Å². The predicted octanol–water partition coefficient (Wildman–Crippen LogP) is 9.18. The number of carboxylic acids is 1. The summed E-state index contributed by atoms with van der Waals surface area (Å²) in [7, 11) is 0. The lowest BCUT2D eigenvalue weighted by atomic mass is 9.75. The second-order valence-corrected chi connectivity index (χ2v) is 15.4. The number of aliphatic carboxylic acids is 1. The highest BCUT2D eigenvalue weighted by Gasteiger charge is 2.39. The molecule has 260 valence electrons. The molecular weight excluding hydrogens is 780 g/mol. The summed E-state index contributed by atoms with van der Waals surface area (Å²) in [6, 6.07) is 23.4. The molecule has 0 amide bonds. The molecule has 0 aliphatic carbocycles. The fourth-order valence-corrected chi connectivity index (χ4v) is 7.27. The maximum absolute atomic E-state index is 14.4. The number of esters is 1. The third-order valence-corrected chi connectivity index (χ3v) is 10.1. The zero-order valence-corrected chi connectivity index (χ0v) is 31.6. The summed E-state index contributed by atoms with van der Waals surface area (Å²) in [6.07, 6.45) is -0.348. The normalized spacial score (nSPS) is 12.3. The van der Waals surface area contributed by atoms with E-state index in [1.807, 2.05) is 20.8 Å². The Labute approximate surface area is 310 Å². The summed E-state index contributed by atoms with van der Waals surface area (Å²) in [5.41, 5.74) is 3.11. The first-order valence-corrected chi connectivity index (χ1v) is 17.7. The molecule has 2 aromatic heterocycles. The molecule has 0 spiro atoms. The molecule has 2 heterocycles. The van der Waals surface area contributed by atoms with Gasteiger partial charge in [0.1, 0.15) is 11.5 Å². The first kappa shape index (κ1) is 35.8. The van der Waals surface area contributed by atoms with Crippen molar-refractivity contribution < 1.29 is 34.1 Å². The number of carboxylic acid groups (broad SMARTS) is 1. The van der Waals surface area contributed by atoms with Crippen molar-refractivity contribution in [2.45, 2.75) is 47.0 Å². The van der Waals surface area contributed by atoms with E-state index in [0.29, 0.717) is 55.4 Å². The lowest BCUT2D eigenvalue weighted by molar-refractivity contribution is -0.139. The van der Waals surface area contributed by atoms with Crippen molar-refractivity contribution in [2.75, 3.05) is 0 Å². The Morgan fingerprint density at radius 1 is 0.725 bits per heavy atom. The van der Waals surface area contributed by atoms with Gasteiger partial charge in [0.2, 0.25) is 0 Å². The van der Waals surface area contributed by atoms with Crippen LogP contribution in [0.15, 0.2) is 93.9 Å². The van der Waals surface area contributed by atoms with E-state index in [1.165, 1.54) is 10.6 Å². The third kappa shape index (κ3) is 6.75. The molecule has 0 aliphatic heterocycles. The van der Waals surface area contributed by atoms with Crippen molar-refractivity contribution in [1.29, 1.82) is 0 Å². The summed E-state index contributed by atoms with van der Waals surface area (Å²) in [5, 5.41) is 21.3. The number of benzene rings is 4. The minimum absolute atomic E-state index is 0.0213. The Morgan fingerprint density at radius 2 is 1.24 bits per heavy atom. The Balaban J connectivity index is 1.45. The number of aromatic nitrogens is 2. The number of ether oxygens (including phenoxy) is 1. The Bertz CT molecular complexity index is 2380. The van der Waals surface area contributed by atoms with Crippen LogP contribution in [0.4, 0.5) is 0 Å². The summed E-state index contributed by atoms with van der Waals surface area (Å²) < 4.78 is 10.8. The van der Waals surface area contributed by atoms with Gasteiger partial charge in [-0.2, -0.15) is 0 Å². The molecule has 9 nitrogen and oxygen atoms in total. The van der Waals surface area contributed by atoms with Gasteiger partial charge in [-0.15, -0.1) is 0 Å². The van der Waals surface area contributed by atoms with Crippen molar-refractivity contribution in [3.05, 3.63) is 128 Å². The number of halogens is 2. The highest BCUT2D eigenvalue weighted by atomic mass is 79.9. The van der Waals surface area contributed by atoms with E-state index in [9.17, 15) is 29.4 Å². The predicted molar refractivity (Wildman–Crippen MR) is 202 cm³/mol. The largest absolute Gasteiger partial charge is 0.508 e. The van der Waals surface area contributed by atoms with Crippen LogP contribution in [0.2, 0.25) is 0 Å². The van der Waals surface area contributed by atoms with Gasteiger partial charge in [-0.05, 0) is 115 Å². The van der Waals surface area contributed by atoms with Crippen LogP contribution >= 0.6 is 31.9 Å². The molecule has 0 saturated carbocycles. The molecule has 0 fully saturated rings. The van der Waals surface area contributed by atoms with Crippen molar-refractivity contribution in [2.24, 2.45) is 5.41 Å². The lowest BCUT2D eigenvalue weighted by Gasteiger charge is -2.29. The molecule has 0 radical (unpaired) electrons. The highest BCUT2D eigenvalue weighted by Crippen LogP contribution is 2.44. The number of rotatable bonds is 7. The van der Waals surface area contributed by atoms with Gasteiger partial charge in [0.15, 0.2) is 0 Å². The molecule has 0 bridgehead atoms. The van der Waals surface area contributed by atoms with Crippen LogP contribution in [0.1, 0.15) is 69.9 Å². The molecular formula is C40H34Br2N2O7. The average Bonchev–Trinajstić information content (AvgIpc) is 3.49. The number of carbonyl (C=O) groups is 4. The van der Waals surface area contributed by atoms with Crippen LogP contribution in [0, 0.1) is 19.3 Å². The van der Waals surface area contributed by atoms with Crippen LogP contribution in [-0.4, -0.2) is 43.1 Å². The maximum Gasteiger partial charge on any atom is 0.319 e. The minimum Gasteiger partial charge on any atom is -0.508 e. The standard InChI is InChI=1S/C40H34Br2N2O7/c1-21-29(20-34(46)47)30-19-28(15-17-32(30)43(21)37(48)23-6-10-25(41)11-7-23)51-39(50)36(40(3,4)5)35-22(2)44(33-16-14-27(45)18-31(33)35)38(49)24-8-12-26(42)13-9-24/h6-19,36,45H,20H2,1-5H3,(H,46,47). The Morgan fingerprint density at radius 3 is 1.76 bits per heavy atom. The number of aromatic hydroxyl groups is 1. The maximum atomic E-state index is 14.4. The number of nitrogens with zero attached hydrogens (tertiary/aromatic N) is 2. The van der Waals surface area contributed by atoms with E-state index in [1.54, 1.807) is 97.3 Å². The van der Waals surface area contributed by atoms with Gasteiger partial charge in [0.25, 0.3) is 11.8 Å². The molecule has 0 aliphatic rings. The molecule has 1 unspecified atom stereocenters. The smallest absolute Gasteiger partial charge is 0.319 e. The summed E-state index contributed by atoms with van der Waals surface area (Å²) in [6.45, 7) is 9.15. The van der Waals surface area contributed by atoms with Gasteiger partial charge in [-0.25, -0.2) is 0 Å². The molecule has 4 aromatic carbocycles. The molecule has 0 saturated heterocycles. The van der Waals surface area contributed by atoms with Gasteiger partial charge in [0, 0.05) is 42.2 Å². The van der Waals surface area contributed by atoms with E-state index >= 15 is 0 Å². The molecule has 2 N–H and O–H groups in total. The molecule has 1 atom stereocenters. The number of fused-ring (bicyclic) bond motifs is 2. The first-order valence-electron chi connectivity index (χ1n) is 16.1. The van der Waals surface area contributed by atoms with E-state index in [2.05, 4.69) is 31.9 Å². The average molecular weight is 815 g/mol. The SMILES string of the molecule is Cc1c(CC(=O)O)c2cc(OC(=O)C(c3c(C)n(C(=O)c4ccc(Br)cc4)c4ccc(O)cc34)C(C)(C)C)ccc2n1C(=O)c1ccc(Br)cc1. The summed E-state index contributed by atoms with van der Waals surface area (Å²) in [4.78, 5) is 54.0. The highest BCUT2D eigenvalue weighted by molar-refractivity contribution is 9.10. The molecule has 51 heavy (non-hydrogen) atoms. The summed E-state index contributed by atoms with van der Waals surface area (Å²) >= 11 is 6.80. The second-order valence-electron chi connectivity index (χ2n) is 13.5. The zero-order chi connectivity index (χ0) is 36.9. The topological polar surface area (TPSA) is 128 Å². The molecule has 6 aromatic rings. The third-order valence-electron chi connectivity index (χ3n) is 9.07. The van der Waals surface area contributed by atoms with Gasteiger partial charge in [-0.1, -0.05) is 52.6 Å². The van der Waals surface area contributed by atoms with E-state index in [4.69, 9.17) is 4.74 Å². The molecule has 11 heteroatoms. The number of carbonyl (C=O) groups excluding carboxylic acids is 3. The van der Waals surface area contributed by atoms with Gasteiger partial charge < -0.3 is 14.9 Å². The quantitative estimate of drug-likeness (QED) is 0.122. The van der Waals surface area contributed by atoms with Crippen molar-refractivity contribution in [3.63, 3.8) is 0 Å². The van der Waals surface area contributed by atoms with Gasteiger partial charge in [-0.3, -0.25) is 28.3 Å². The molecule has 6 rings (SSSR count). The van der Waals surface area contributed by atoms with Crippen LogP contribution < -0.4 is 4.74 Å². The number of hydrogen-bond donors (Lipinski definition) is 2. The Hall–Kier alpha value is -5.00. The van der Waals surface area contributed by atoms with Crippen LogP contribution in [0.3, 0.4) is 0 Å². The van der Waals surface area contributed by atoms with Crippen molar-refractivity contribution in [1.82, 2.24) is 9.13 Å². The lowest BCUT2D eigenvalue weighted by Crippen LogP contribution is -2.30. The number of hydrogen-bond acceptors (Lipinski definition) is 6. The van der Waals surface area contributed by atoms with E-state index in [-0.39, 0.29) is 29.7 Å². The Kier molecular flexibility index (Phi) is 9.56. The van der Waals surface area contributed by atoms with Crippen LogP contribution in [0.25, 0.3) is 21.8 Å². The van der Waals surface area contributed by atoms with Crippen LogP contribution in [-0.2, 0) is 16.0 Å². The van der Waals surface area contributed by atoms with Gasteiger partial charge in [0.05, 0.1) is 23.4 Å². The number of phenolic OH excluding ortho intramolecular Hbond substituents is 1. The van der Waals surface area contributed by atoms with E-state index in [0.717, 1.165) is 8.95 Å². The monoisotopic (exact) mass is 812 g/mol. The fourth-order valence-electron chi connectivity index (χ4n) is 6.74. The second kappa shape index (κ2) is 13.6. The zero-order valence-electron chi connectivity index (χ0n) is 28.5. The summed E-state index contributed by atoms with van der Waals surface area (Å²) in [5.74, 6) is -3.06. The fraction of sp³-hybridized carbons (Fsp3) is 0.200. The van der Waals surface area contributed by atoms with Crippen LogP contribution in [0.5, 0.6) is 11.5 Å². The first-order chi connectivity index (χ1) is 24.1.